The molecular weight excluding hydrogens is 375 g/mol. The van der Waals surface area contributed by atoms with E-state index >= 15 is 0 Å². The van der Waals surface area contributed by atoms with Crippen molar-refractivity contribution in [1.29, 1.82) is 0 Å². The van der Waals surface area contributed by atoms with Crippen molar-refractivity contribution in [2.75, 3.05) is 7.05 Å². The van der Waals surface area contributed by atoms with E-state index in [2.05, 4.69) is 11.8 Å². The molecule has 29 heavy (non-hydrogen) atoms. The molecule has 0 amide bonds. The molecule has 0 fully saturated rings. The number of rotatable bonds is 3. The summed E-state index contributed by atoms with van der Waals surface area (Å²) in [5.41, 5.74) is 3.05. The zero-order chi connectivity index (χ0) is 20.9. The van der Waals surface area contributed by atoms with Crippen molar-refractivity contribution in [1.82, 2.24) is 4.90 Å². The molecule has 0 atom stereocenters. The quantitative estimate of drug-likeness (QED) is 0.526. The number of allylic oxidation sites excluding steroid dienone is 4. The number of benzene rings is 2. The van der Waals surface area contributed by atoms with Gasteiger partial charge in [0, 0.05) is 30.8 Å². The van der Waals surface area contributed by atoms with Gasteiger partial charge in [-0.05, 0) is 47.5 Å². The molecule has 146 valence electrons. The largest absolute Gasteiger partial charge is 0.416 e. The Hall–Kier alpha value is -3.52. The van der Waals surface area contributed by atoms with E-state index < -0.39 is 11.7 Å². The molecule has 2 aromatic rings. The minimum Gasteiger partial charge on any atom is -0.350 e. The lowest BCUT2D eigenvalue weighted by molar-refractivity contribution is -0.137. The van der Waals surface area contributed by atoms with Crippen molar-refractivity contribution in [3.8, 4) is 11.8 Å². The number of aldehydes is 1. The zero-order valence-electron chi connectivity index (χ0n) is 15.7. The van der Waals surface area contributed by atoms with Crippen molar-refractivity contribution in [3.63, 3.8) is 0 Å². The lowest BCUT2D eigenvalue weighted by Gasteiger charge is -2.20. The molecule has 0 saturated heterocycles. The van der Waals surface area contributed by atoms with Crippen molar-refractivity contribution < 1.29 is 18.0 Å². The standard InChI is InChI=1S/C24H18F3NO/c1-28-16-3-2-4-20(10-9-18-5-7-19(8-6-18)15-17-29)23(28)21-11-13-22(14-12-21)24(25,26)27/h2-8,11-14,16-17H,15H2,1H3. The zero-order valence-corrected chi connectivity index (χ0v) is 15.7. The third-order valence-electron chi connectivity index (χ3n) is 4.39. The summed E-state index contributed by atoms with van der Waals surface area (Å²) in [6.45, 7) is 0. The Balaban J connectivity index is 2.00. The Bertz CT molecular complexity index is 1030. The fourth-order valence-corrected chi connectivity index (χ4v) is 2.91. The summed E-state index contributed by atoms with van der Waals surface area (Å²) in [6, 6.07) is 12.4. The Labute approximate surface area is 167 Å². The number of alkyl halides is 3. The van der Waals surface area contributed by atoms with E-state index in [0.29, 0.717) is 23.3 Å². The minimum absolute atomic E-state index is 0.357. The average Bonchev–Trinajstić information content (AvgIpc) is 2.88. The summed E-state index contributed by atoms with van der Waals surface area (Å²) >= 11 is 0. The first-order valence-electron chi connectivity index (χ1n) is 8.92. The van der Waals surface area contributed by atoms with Gasteiger partial charge in [-0.1, -0.05) is 42.2 Å². The van der Waals surface area contributed by atoms with Gasteiger partial charge in [-0.2, -0.15) is 13.2 Å². The van der Waals surface area contributed by atoms with E-state index in [9.17, 15) is 18.0 Å². The third-order valence-corrected chi connectivity index (χ3v) is 4.39. The van der Waals surface area contributed by atoms with E-state index in [4.69, 9.17) is 0 Å². The highest BCUT2D eigenvalue weighted by molar-refractivity contribution is 5.75. The molecule has 0 spiro atoms. The highest BCUT2D eigenvalue weighted by atomic mass is 19.4. The molecule has 2 nitrogen and oxygen atoms in total. The lowest BCUT2D eigenvalue weighted by Crippen LogP contribution is -2.11. The molecule has 1 aliphatic rings. The van der Waals surface area contributed by atoms with Gasteiger partial charge >= 0.3 is 6.18 Å². The smallest absolute Gasteiger partial charge is 0.350 e. The summed E-state index contributed by atoms with van der Waals surface area (Å²) in [5, 5.41) is 0. The van der Waals surface area contributed by atoms with Crippen LogP contribution < -0.4 is 0 Å². The minimum atomic E-state index is -4.37. The molecule has 5 heteroatoms. The van der Waals surface area contributed by atoms with E-state index in [1.54, 1.807) is 0 Å². The van der Waals surface area contributed by atoms with Gasteiger partial charge in [0.15, 0.2) is 0 Å². The molecule has 0 radical (unpaired) electrons. The molecule has 2 aromatic carbocycles. The predicted octanol–water partition coefficient (Wildman–Crippen LogP) is 5.22. The van der Waals surface area contributed by atoms with Crippen molar-refractivity contribution >= 4 is 12.0 Å². The van der Waals surface area contributed by atoms with E-state index in [1.807, 2.05) is 60.6 Å². The number of halogens is 3. The van der Waals surface area contributed by atoms with Crippen LogP contribution in [-0.4, -0.2) is 18.2 Å². The van der Waals surface area contributed by atoms with Crippen molar-refractivity contribution in [3.05, 3.63) is 101 Å². The number of carbonyl (C=O) groups is 1. The molecule has 0 saturated carbocycles. The number of hydrogen-bond acceptors (Lipinski definition) is 2. The fourth-order valence-electron chi connectivity index (χ4n) is 2.91. The number of nitrogens with zero attached hydrogens (tertiary/aromatic N) is 1. The first-order chi connectivity index (χ1) is 13.9. The Morgan fingerprint density at radius 3 is 2.28 bits per heavy atom. The topological polar surface area (TPSA) is 20.3 Å². The van der Waals surface area contributed by atoms with Gasteiger partial charge in [0.25, 0.3) is 0 Å². The Morgan fingerprint density at radius 2 is 1.66 bits per heavy atom. The molecule has 1 aliphatic heterocycles. The predicted molar refractivity (Wildman–Crippen MR) is 107 cm³/mol. The van der Waals surface area contributed by atoms with Crippen LogP contribution in [0.4, 0.5) is 13.2 Å². The van der Waals surface area contributed by atoms with Crippen LogP contribution in [0.1, 0.15) is 22.3 Å². The number of carbonyl (C=O) groups excluding carboxylic acids is 1. The van der Waals surface area contributed by atoms with Crippen LogP contribution in [0.25, 0.3) is 5.70 Å². The van der Waals surface area contributed by atoms with Gasteiger partial charge in [0.05, 0.1) is 11.3 Å². The third kappa shape index (κ3) is 5.05. The monoisotopic (exact) mass is 393 g/mol. The van der Waals surface area contributed by atoms with Gasteiger partial charge in [-0.3, -0.25) is 0 Å². The second-order valence-corrected chi connectivity index (χ2v) is 6.47. The van der Waals surface area contributed by atoms with Crippen LogP contribution in [0.5, 0.6) is 0 Å². The van der Waals surface area contributed by atoms with Gasteiger partial charge in [0.2, 0.25) is 0 Å². The first-order valence-corrected chi connectivity index (χ1v) is 8.92. The Morgan fingerprint density at radius 1 is 0.966 bits per heavy atom. The molecule has 3 rings (SSSR count). The summed E-state index contributed by atoms with van der Waals surface area (Å²) in [5.74, 6) is 6.21. The maximum atomic E-state index is 12.9. The van der Waals surface area contributed by atoms with Gasteiger partial charge < -0.3 is 9.69 Å². The normalized spacial score (nSPS) is 13.7. The highest BCUT2D eigenvalue weighted by Gasteiger charge is 2.30. The van der Waals surface area contributed by atoms with Crippen LogP contribution in [0.15, 0.2) is 78.5 Å². The van der Waals surface area contributed by atoms with E-state index in [-0.39, 0.29) is 0 Å². The second-order valence-electron chi connectivity index (χ2n) is 6.47. The molecule has 0 aromatic heterocycles. The van der Waals surface area contributed by atoms with Crippen LogP contribution in [0.3, 0.4) is 0 Å². The highest BCUT2D eigenvalue weighted by Crippen LogP contribution is 2.31. The van der Waals surface area contributed by atoms with E-state index in [0.717, 1.165) is 29.5 Å². The lowest BCUT2D eigenvalue weighted by atomic mass is 10.0. The van der Waals surface area contributed by atoms with Crippen LogP contribution in [0.2, 0.25) is 0 Å². The average molecular weight is 393 g/mol. The maximum absolute atomic E-state index is 12.9. The van der Waals surface area contributed by atoms with Gasteiger partial charge in [0.1, 0.15) is 6.29 Å². The van der Waals surface area contributed by atoms with Crippen molar-refractivity contribution in [2.24, 2.45) is 0 Å². The van der Waals surface area contributed by atoms with Crippen molar-refractivity contribution in [2.45, 2.75) is 12.6 Å². The summed E-state index contributed by atoms with van der Waals surface area (Å²) in [4.78, 5) is 12.4. The number of hydrogen-bond donors (Lipinski definition) is 0. The molecular formula is C24H18F3NO. The second kappa shape index (κ2) is 8.66. The molecule has 0 aliphatic carbocycles. The van der Waals surface area contributed by atoms with Gasteiger partial charge in [-0.15, -0.1) is 0 Å². The maximum Gasteiger partial charge on any atom is 0.416 e. The molecule has 0 N–H and O–H groups in total. The Kier molecular flexibility index (Phi) is 6.04. The first kappa shape index (κ1) is 20.2. The summed E-state index contributed by atoms with van der Waals surface area (Å²) in [7, 11) is 1.83. The van der Waals surface area contributed by atoms with Crippen LogP contribution in [-0.2, 0) is 17.4 Å². The van der Waals surface area contributed by atoms with Gasteiger partial charge in [-0.25, -0.2) is 0 Å². The molecule has 1 heterocycles. The SMILES string of the molecule is CN1C=CC=CC(C#Cc2ccc(CC=O)cc2)=C1c1ccc(C(F)(F)F)cc1. The summed E-state index contributed by atoms with van der Waals surface area (Å²) < 4.78 is 38.6. The molecule has 0 unspecified atom stereocenters. The van der Waals surface area contributed by atoms with E-state index in [1.165, 1.54) is 12.1 Å². The summed E-state index contributed by atoms with van der Waals surface area (Å²) in [6.07, 6.45) is 4.17. The fraction of sp³-hybridized carbons (Fsp3) is 0.125. The van der Waals surface area contributed by atoms with Crippen LogP contribution >= 0.6 is 0 Å². The van der Waals surface area contributed by atoms with Crippen LogP contribution in [0, 0.1) is 11.8 Å². The molecule has 0 bridgehead atoms.